The van der Waals surface area contributed by atoms with Crippen molar-refractivity contribution >= 4 is 34.8 Å². The Kier molecular flexibility index (Phi) is 4.64. The maximum atomic E-state index is 9.80. The van der Waals surface area contributed by atoms with Crippen LogP contribution in [0.5, 0.6) is 5.75 Å². The predicted molar refractivity (Wildman–Crippen MR) is 124 cm³/mol. The molecule has 152 valence electrons. The Balaban J connectivity index is 1.61. The minimum atomic E-state index is 0.471. The van der Waals surface area contributed by atoms with Crippen LogP contribution < -0.4 is 10.2 Å². The summed E-state index contributed by atoms with van der Waals surface area (Å²) in [6.07, 6.45) is 4.63. The molecule has 0 bridgehead atoms. The molecule has 2 aromatic heterocycles. The highest BCUT2D eigenvalue weighted by atomic mass is 16.5. The van der Waals surface area contributed by atoms with Crippen LogP contribution in [0.1, 0.15) is 29.2 Å². The van der Waals surface area contributed by atoms with Gasteiger partial charge < -0.3 is 4.74 Å². The Morgan fingerprint density at radius 3 is 2.87 bits per heavy atom. The van der Waals surface area contributed by atoms with Gasteiger partial charge in [-0.1, -0.05) is 37.3 Å². The molecule has 0 aliphatic carbocycles. The van der Waals surface area contributed by atoms with E-state index < -0.39 is 0 Å². The summed E-state index contributed by atoms with van der Waals surface area (Å²) in [7, 11) is 0. The normalized spacial score (nSPS) is 13.1. The fraction of sp³-hybridized carbons (Fsp3) is 0.160. The molecule has 2 aromatic carbocycles. The van der Waals surface area contributed by atoms with Crippen molar-refractivity contribution in [3.63, 3.8) is 0 Å². The number of hydrogen-bond donors (Lipinski definition) is 1. The van der Waals surface area contributed by atoms with Gasteiger partial charge in [0, 0.05) is 11.1 Å². The van der Waals surface area contributed by atoms with E-state index in [9.17, 15) is 5.26 Å². The molecule has 3 heterocycles. The van der Waals surface area contributed by atoms with Gasteiger partial charge in [-0.25, -0.2) is 4.98 Å². The van der Waals surface area contributed by atoms with Crippen LogP contribution in [0.3, 0.4) is 0 Å². The second-order valence-electron chi connectivity index (χ2n) is 7.47. The summed E-state index contributed by atoms with van der Waals surface area (Å²) >= 11 is 0. The van der Waals surface area contributed by atoms with Crippen molar-refractivity contribution in [1.82, 2.24) is 9.38 Å². The minimum absolute atomic E-state index is 0.471. The number of ether oxygens (including phenoxy) is 1. The highest BCUT2D eigenvalue weighted by Crippen LogP contribution is 2.31. The second kappa shape index (κ2) is 7.62. The van der Waals surface area contributed by atoms with Crippen molar-refractivity contribution in [2.24, 2.45) is 5.10 Å². The first-order valence-electron chi connectivity index (χ1n) is 10.3. The smallest absolute Gasteiger partial charge is 0.157 e. The number of imidazole rings is 1. The molecule has 0 spiro atoms. The first kappa shape index (κ1) is 18.9. The highest BCUT2D eigenvalue weighted by Gasteiger charge is 2.19. The number of anilines is 1. The quantitative estimate of drug-likeness (QED) is 0.377. The Bertz CT molecular complexity index is 1420. The number of benzene rings is 2. The molecule has 1 aliphatic heterocycles. The topological polar surface area (TPSA) is 74.7 Å². The number of nitrogens with zero attached hydrogens (tertiary/aromatic N) is 4. The molecule has 6 heteroatoms. The lowest BCUT2D eigenvalue weighted by atomic mass is 10.0. The molecule has 4 aromatic rings. The van der Waals surface area contributed by atoms with Crippen molar-refractivity contribution in [2.45, 2.75) is 20.3 Å². The number of hydrazone groups is 1. The van der Waals surface area contributed by atoms with Gasteiger partial charge >= 0.3 is 0 Å². The number of pyridine rings is 1. The van der Waals surface area contributed by atoms with Gasteiger partial charge in [0.25, 0.3) is 0 Å². The number of rotatable bonds is 4. The number of fused-ring (bicyclic) bond motifs is 4. The Morgan fingerprint density at radius 2 is 2.03 bits per heavy atom. The zero-order valence-corrected chi connectivity index (χ0v) is 17.4. The highest BCUT2D eigenvalue weighted by molar-refractivity contribution is 5.89. The van der Waals surface area contributed by atoms with Crippen LogP contribution in [0.15, 0.2) is 59.2 Å². The molecule has 0 saturated carbocycles. The first-order chi connectivity index (χ1) is 15.2. The number of nitrogens with one attached hydrogen (secondary N) is 1. The van der Waals surface area contributed by atoms with E-state index in [0.717, 1.165) is 51.3 Å². The third kappa shape index (κ3) is 3.11. The second-order valence-corrected chi connectivity index (χ2v) is 7.47. The van der Waals surface area contributed by atoms with E-state index in [1.165, 1.54) is 0 Å². The molecule has 6 nitrogen and oxygen atoms in total. The molecule has 0 unspecified atom stereocenters. The molecule has 1 N–H and O–H groups in total. The lowest BCUT2D eigenvalue weighted by Crippen LogP contribution is -2.10. The maximum absolute atomic E-state index is 9.80. The van der Waals surface area contributed by atoms with Crippen molar-refractivity contribution in [3.05, 3.63) is 76.4 Å². The van der Waals surface area contributed by atoms with Gasteiger partial charge in [0.05, 0.1) is 22.8 Å². The van der Waals surface area contributed by atoms with Gasteiger partial charge in [-0.2, -0.15) is 10.4 Å². The molecule has 0 fully saturated rings. The van der Waals surface area contributed by atoms with Crippen LogP contribution in [0.2, 0.25) is 0 Å². The third-order valence-electron chi connectivity index (χ3n) is 5.64. The van der Waals surface area contributed by atoms with Crippen molar-refractivity contribution in [2.75, 3.05) is 12.0 Å². The van der Waals surface area contributed by atoms with Gasteiger partial charge in [-0.05, 0) is 48.7 Å². The molecule has 0 atom stereocenters. The summed E-state index contributed by atoms with van der Waals surface area (Å²) < 4.78 is 7.81. The fourth-order valence-corrected chi connectivity index (χ4v) is 4.12. The van der Waals surface area contributed by atoms with E-state index in [1.54, 1.807) is 6.21 Å². The summed E-state index contributed by atoms with van der Waals surface area (Å²) in [5, 5.41) is 14.3. The Morgan fingerprint density at radius 1 is 1.23 bits per heavy atom. The molecular weight excluding hydrogens is 386 g/mol. The standard InChI is InChI=1S/C25H21N5O/c1-3-19-16(2)20(13-26)24-28-21-9-5-6-10-22(21)30(24)25(19)29-27-14-17-12-18-8-4-7-11-23(18)31-15-17/h4-12,14,29H,3,15H2,1-2H3. The van der Waals surface area contributed by atoms with Crippen molar-refractivity contribution in [1.29, 1.82) is 5.26 Å². The van der Waals surface area contributed by atoms with E-state index in [1.807, 2.05) is 59.9 Å². The predicted octanol–water partition coefficient (Wildman–Crippen LogP) is 5.10. The summed E-state index contributed by atoms with van der Waals surface area (Å²) in [6.45, 7) is 4.52. The van der Waals surface area contributed by atoms with E-state index in [4.69, 9.17) is 9.72 Å². The summed E-state index contributed by atoms with van der Waals surface area (Å²) in [6, 6.07) is 18.2. The zero-order valence-electron chi connectivity index (χ0n) is 17.4. The van der Waals surface area contributed by atoms with Crippen LogP contribution in [0.25, 0.3) is 22.8 Å². The summed E-state index contributed by atoms with van der Waals surface area (Å²) in [4.78, 5) is 4.72. The van der Waals surface area contributed by atoms with Gasteiger partial charge in [-0.15, -0.1) is 0 Å². The minimum Gasteiger partial charge on any atom is -0.488 e. The molecule has 31 heavy (non-hydrogen) atoms. The van der Waals surface area contributed by atoms with Gasteiger partial charge in [0.15, 0.2) is 5.65 Å². The molecule has 0 radical (unpaired) electrons. The van der Waals surface area contributed by atoms with Gasteiger partial charge in [-0.3, -0.25) is 9.83 Å². The zero-order chi connectivity index (χ0) is 21.4. The monoisotopic (exact) mass is 407 g/mol. The summed E-state index contributed by atoms with van der Waals surface area (Å²) in [5.74, 6) is 1.71. The average molecular weight is 407 g/mol. The van der Waals surface area contributed by atoms with Gasteiger partial charge in [0.2, 0.25) is 0 Å². The van der Waals surface area contributed by atoms with Crippen LogP contribution >= 0.6 is 0 Å². The number of nitriles is 1. The van der Waals surface area contributed by atoms with E-state index in [-0.39, 0.29) is 0 Å². The molecular formula is C25H21N5O. The summed E-state index contributed by atoms with van der Waals surface area (Å²) in [5.41, 5.74) is 10.3. The van der Waals surface area contributed by atoms with Crippen molar-refractivity contribution < 1.29 is 4.74 Å². The van der Waals surface area contributed by atoms with Crippen LogP contribution in [-0.4, -0.2) is 22.2 Å². The third-order valence-corrected chi connectivity index (χ3v) is 5.64. The number of aromatic nitrogens is 2. The molecule has 0 amide bonds. The Hall–Kier alpha value is -4.11. The lowest BCUT2D eigenvalue weighted by molar-refractivity contribution is 0.353. The number of para-hydroxylation sites is 3. The van der Waals surface area contributed by atoms with E-state index in [2.05, 4.69) is 29.6 Å². The van der Waals surface area contributed by atoms with Crippen LogP contribution in [-0.2, 0) is 6.42 Å². The van der Waals surface area contributed by atoms with Crippen LogP contribution in [0, 0.1) is 18.3 Å². The maximum Gasteiger partial charge on any atom is 0.157 e. The van der Waals surface area contributed by atoms with E-state index in [0.29, 0.717) is 17.8 Å². The number of hydrogen-bond acceptors (Lipinski definition) is 5. The van der Waals surface area contributed by atoms with E-state index >= 15 is 0 Å². The first-order valence-corrected chi connectivity index (χ1v) is 10.3. The van der Waals surface area contributed by atoms with Crippen LogP contribution in [0.4, 0.5) is 5.82 Å². The lowest BCUT2D eigenvalue weighted by Gasteiger charge is -2.17. The SMILES string of the molecule is CCc1c(C)c(C#N)c2nc3ccccc3n2c1NN=CC1=Cc2ccccc2OC1. The molecule has 5 rings (SSSR count). The average Bonchev–Trinajstić information content (AvgIpc) is 3.18. The fourth-order valence-electron chi connectivity index (χ4n) is 4.12. The molecule has 1 aliphatic rings. The largest absolute Gasteiger partial charge is 0.488 e. The van der Waals surface area contributed by atoms with Crippen molar-refractivity contribution in [3.8, 4) is 11.8 Å². The molecule has 0 saturated heterocycles. The Labute approximate surface area is 180 Å². The van der Waals surface area contributed by atoms with Gasteiger partial charge in [0.1, 0.15) is 24.2 Å².